The van der Waals surface area contributed by atoms with Crippen LogP contribution in [0, 0.1) is 5.82 Å². The van der Waals surface area contributed by atoms with Gasteiger partial charge >= 0.3 is 6.03 Å². The van der Waals surface area contributed by atoms with Gasteiger partial charge in [-0.3, -0.25) is 0 Å². The Morgan fingerprint density at radius 1 is 1.10 bits per heavy atom. The van der Waals surface area contributed by atoms with E-state index in [1.165, 1.54) is 12.1 Å². The summed E-state index contributed by atoms with van der Waals surface area (Å²) in [5.74, 6) is -0.489. The number of halogens is 1. The molecule has 0 fully saturated rings. The van der Waals surface area contributed by atoms with Gasteiger partial charge in [-0.05, 0) is 24.1 Å². The number of aliphatic hydroxyl groups is 1. The molecule has 2 aromatic rings. The summed E-state index contributed by atoms with van der Waals surface area (Å²) in [5, 5.41) is 14.9. The Bertz CT molecular complexity index is 590. The summed E-state index contributed by atoms with van der Waals surface area (Å²) in [6.45, 7) is 0.288. The van der Waals surface area contributed by atoms with Crippen molar-refractivity contribution in [1.29, 1.82) is 0 Å². The first-order chi connectivity index (χ1) is 10.2. The molecule has 0 radical (unpaired) electrons. The van der Waals surface area contributed by atoms with Gasteiger partial charge in [0, 0.05) is 6.54 Å². The van der Waals surface area contributed by atoms with E-state index in [0.717, 1.165) is 5.56 Å². The highest BCUT2D eigenvalue weighted by molar-refractivity contribution is 5.89. The van der Waals surface area contributed by atoms with Crippen molar-refractivity contribution >= 4 is 11.7 Å². The van der Waals surface area contributed by atoms with Gasteiger partial charge in [-0.2, -0.15) is 0 Å². The van der Waals surface area contributed by atoms with Gasteiger partial charge in [0.15, 0.2) is 0 Å². The molecule has 5 heteroatoms. The Morgan fingerprint density at radius 3 is 2.48 bits per heavy atom. The average Bonchev–Trinajstić information content (AvgIpc) is 2.50. The van der Waals surface area contributed by atoms with E-state index in [-0.39, 0.29) is 12.2 Å². The molecule has 3 N–H and O–H groups in total. The van der Waals surface area contributed by atoms with E-state index in [9.17, 15) is 14.3 Å². The summed E-state index contributed by atoms with van der Waals surface area (Å²) in [5.41, 5.74) is 0.924. The third-order valence-electron chi connectivity index (χ3n) is 3.01. The van der Waals surface area contributed by atoms with Gasteiger partial charge in [0.05, 0.1) is 11.8 Å². The molecule has 0 spiro atoms. The highest BCUT2D eigenvalue weighted by Gasteiger charge is 2.09. The fourth-order valence-corrected chi connectivity index (χ4v) is 1.89. The molecule has 21 heavy (non-hydrogen) atoms. The molecular formula is C16H17FN2O2. The lowest BCUT2D eigenvalue weighted by Gasteiger charge is -2.12. The average molecular weight is 288 g/mol. The van der Waals surface area contributed by atoms with Gasteiger partial charge in [0.1, 0.15) is 5.82 Å². The van der Waals surface area contributed by atoms with Crippen LogP contribution in [0.5, 0.6) is 0 Å². The molecule has 0 unspecified atom stereocenters. The van der Waals surface area contributed by atoms with Gasteiger partial charge < -0.3 is 15.7 Å². The molecule has 2 amide bonds. The third kappa shape index (κ3) is 4.57. The Labute approximate surface area is 122 Å². The summed E-state index contributed by atoms with van der Waals surface area (Å²) in [6, 6.07) is 14.6. The number of amides is 2. The zero-order valence-corrected chi connectivity index (χ0v) is 11.4. The first kappa shape index (κ1) is 15.0. The van der Waals surface area contributed by atoms with E-state index < -0.39 is 18.0 Å². The lowest BCUT2D eigenvalue weighted by Crippen LogP contribution is -2.30. The SMILES string of the molecule is O=C(NCC[C@H](O)c1ccccc1)Nc1ccccc1F. The molecule has 0 bridgehead atoms. The predicted molar refractivity (Wildman–Crippen MR) is 79.4 cm³/mol. The Kier molecular flexibility index (Phi) is 5.29. The Balaban J connectivity index is 1.76. The Hall–Kier alpha value is -2.40. The van der Waals surface area contributed by atoms with E-state index in [1.54, 1.807) is 12.1 Å². The summed E-state index contributed by atoms with van der Waals surface area (Å²) in [7, 11) is 0. The van der Waals surface area contributed by atoms with Crippen molar-refractivity contribution in [3.8, 4) is 0 Å². The summed E-state index contributed by atoms with van der Waals surface area (Å²) < 4.78 is 13.3. The first-order valence-corrected chi connectivity index (χ1v) is 6.69. The van der Waals surface area contributed by atoms with Crippen LogP contribution in [0.2, 0.25) is 0 Å². The van der Waals surface area contributed by atoms with Crippen molar-refractivity contribution in [3.05, 3.63) is 66.0 Å². The second kappa shape index (κ2) is 7.40. The molecule has 1 atom stereocenters. The number of carbonyl (C=O) groups excluding carboxylic acids is 1. The van der Waals surface area contributed by atoms with Crippen LogP contribution in [0.3, 0.4) is 0 Å². The second-order valence-electron chi connectivity index (χ2n) is 4.58. The topological polar surface area (TPSA) is 61.4 Å². The third-order valence-corrected chi connectivity index (χ3v) is 3.01. The molecule has 0 aliphatic carbocycles. The number of aliphatic hydroxyl groups excluding tert-OH is 1. The number of carbonyl (C=O) groups is 1. The lowest BCUT2D eigenvalue weighted by molar-refractivity contribution is 0.167. The molecule has 0 saturated carbocycles. The van der Waals surface area contributed by atoms with E-state index >= 15 is 0 Å². The normalized spacial score (nSPS) is 11.7. The standard InChI is InChI=1S/C16H17FN2O2/c17-13-8-4-5-9-14(13)19-16(21)18-11-10-15(20)12-6-2-1-3-7-12/h1-9,15,20H,10-11H2,(H2,18,19,21)/t15-/m0/s1. The summed E-state index contributed by atoms with van der Waals surface area (Å²) in [4.78, 5) is 11.6. The number of urea groups is 1. The molecule has 0 aliphatic heterocycles. The molecule has 0 saturated heterocycles. The van der Waals surface area contributed by atoms with Crippen LogP contribution in [0.1, 0.15) is 18.1 Å². The van der Waals surface area contributed by atoms with Crippen molar-refractivity contribution in [2.24, 2.45) is 0 Å². The van der Waals surface area contributed by atoms with E-state index in [2.05, 4.69) is 10.6 Å². The monoisotopic (exact) mass is 288 g/mol. The maximum atomic E-state index is 13.3. The van der Waals surface area contributed by atoms with Gasteiger partial charge in [0.2, 0.25) is 0 Å². The highest BCUT2D eigenvalue weighted by Crippen LogP contribution is 2.15. The molecule has 2 aromatic carbocycles. The van der Waals surface area contributed by atoms with Gasteiger partial charge in [-0.25, -0.2) is 9.18 Å². The number of hydrogen-bond acceptors (Lipinski definition) is 2. The largest absolute Gasteiger partial charge is 0.388 e. The second-order valence-corrected chi connectivity index (χ2v) is 4.58. The van der Waals surface area contributed by atoms with E-state index in [4.69, 9.17) is 0 Å². The summed E-state index contributed by atoms with van der Waals surface area (Å²) in [6.07, 6.45) is -0.255. The minimum atomic E-state index is -0.639. The van der Waals surface area contributed by atoms with Crippen molar-refractivity contribution in [2.75, 3.05) is 11.9 Å². The minimum absolute atomic E-state index is 0.124. The van der Waals surface area contributed by atoms with Crippen LogP contribution >= 0.6 is 0 Å². The summed E-state index contributed by atoms with van der Waals surface area (Å²) >= 11 is 0. The lowest BCUT2D eigenvalue weighted by atomic mass is 10.1. The minimum Gasteiger partial charge on any atom is -0.388 e. The van der Waals surface area contributed by atoms with Crippen LogP contribution in [-0.2, 0) is 0 Å². The van der Waals surface area contributed by atoms with Crippen LogP contribution in [0.15, 0.2) is 54.6 Å². The zero-order valence-electron chi connectivity index (χ0n) is 11.4. The molecule has 4 nitrogen and oxygen atoms in total. The van der Waals surface area contributed by atoms with E-state index in [0.29, 0.717) is 6.42 Å². The number of benzene rings is 2. The molecular weight excluding hydrogens is 271 g/mol. The first-order valence-electron chi connectivity index (χ1n) is 6.69. The predicted octanol–water partition coefficient (Wildman–Crippen LogP) is 3.07. The quantitative estimate of drug-likeness (QED) is 0.792. The highest BCUT2D eigenvalue weighted by atomic mass is 19.1. The van der Waals surface area contributed by atoms with Crippen LogP contribution in [0.25, 0.3) is 0 Å². The molecule has 2 rings (SSSR count). The molecule has 0 aromatic heterocycles. The van der Waals surface area contributed by atoms with Crippen molar-refractivity contribution in [3.63, 3.8) is 0 Å². The molecule has 0 heterocycles. The Morgan fingerprint density at radius 2 is 1.76 bits per heavy atom. The maximum absolute atomic E-state index is 13.3. The van der Waals surface area contributed by atoms with Crippen molar-refractivity contribution in [2.45, 2.75) is 12.5 Å². The molecule has 0 aliphatic rings. The van der Waals surface area contributed by atoms with Crippen LogP contribution in [-0.4, -0.2) is 17.7 Å². The maximum Gasteiger partial charge on any atom is 0.319 e. The van der Waals surface area contributed by atoms with Gasteiger partial charge in [-0.1, -0.05) is 42.5 Å². The number of para-hydroxylation sites is 1. The van der Waals surface area contributed by atoms with Crippen LogP contribution in [0.4, 0.5) is 14.9 Å². The fourth-order valence-electron chi connectivity index (χ4n) is 1.89. The van der Waals surface area contributed by atoms with Crippen LogP contribution < -0.4 is 10.6 Å². The van der Waals surface area contributed by atoms with E-state index in [1.807, 2.05) is 30.3 Å². The number of rotatable bonds is 5. The smallest absolute Gasteiger partial charge is 0.319 e. The zero-order chi connectivity index (χ0) is 15.1. The van der Waals surface area contributed by atoms with Gasteiger partial charge in [-0.15, -0.1) is 0 Å². The number of hydrogen-bond donors (Lipinski definition) is 3. The van der Waals surface area contributed by atoms with Crippen molar-refractivity contribution in [1.82, 2.24) is 5.32 Å². The fraction of sp³-hybridized carbons (Fsp3) is 0.188. The number of nitrogens with one attached hydrogen (secondary N) is 2. The van der Waals surface area contributed by atoms with Crippen molar-refractivity contribution < 1.29 is 14.3 Å². The number of anilines is 1. The van der Waals surface area contributed by atoms with Gasteiger partial charge in [0.25, 0.3) is 0 Å². The molecule has 110 valence electrons.